The number of anilines is 3. The molecule has 0 fully saturated rings. The van der Waals surface area contributed by atoms with Gasteiger partial charge in [-0.05, 0) is 133 Å². The van der Waals surface area contributed by atoms with Gasteiger partial charge in [-0.3, -0.25) is 0 Å². The third-order valence-electron chi connectivity index (χ3n) is 16.8. The summed E-state index contributed by atoms with van der Waals surface area (Å²) in [6.45, 7) is 0. The molecular formula is C74H47NO2. The van der Waals surface area contributed by atoms with Crippen molar-refractivity contribution in [3.05, 3.63) is 330 Å². The highest BCUT2D eigenvalue weighted by Crippen LogP contribution is 2.65. The van der Waals surface area contributed by atoms with Crippen molar-refractivity contribution in [2.45, 2.75) is 10.8 Å². The van der Waals surface area contributed by atoms with Crippen molar-refractivity contribution in [1.29, 1.82) is 0 Å². The van der Waals surface area contributed by atoms with Crippen LogP contribution in [0.2, 0.25) is 0 Å². The van der Waals surface area contributed by atoms with Crippen LogP contribution in [-0.4, -0.2) is 0 Å². The van der Waals surface area contributed by atoms with E-state index in [2.05, 4.69) is 290 Å². The molecule has 16 rings (SSSR count). The zero-order chi connectivity index (χ0) is 50.7. The van der Waals surface area contributed by atoms with E-state index in [0.717, 1.165) is 79.0 Å². The van der Waals surface area contributed by atoms with Gasteiger partial charge in [-0.15, -0.1) is 0 Å². The standard InChI is InChI=1S/C74H47NO2/c1-2-19-48(20-3-1)49-37-42-52(43-38-49)75(53-44-39-50(40-45-53)51-41-46-55-54-21-4-7-25-59(54)74(66(55)47-51)63-29-11-16-35-70(63)77-71-36-17-12-30-64(71)74)67-32-13-6-22-56(67)57-24-18-31-65-72(57)58-23-5-8-26-60(58)73(65)61-27-9-14-33-68(61)76-69-34-15-10-28-62(69)73/h1-47H. The van der Waals surface area contributed by atoms with Crippen molar-refractivity contribution >= 4 is 17.1 Å². The molecule has 0 bridgehead atoms. The van der Waals surface area contributed by atoms with Crippen molar-refractivity contribution in [2.75, 3.05) is 4.90 Å². The summed E-state index contributed by atoms with van der Waals surface area (Å²) in [6.07, 6.45) is 0. The maximum Gasteiger partial charge on any atom is 0.132 e. The predicted molar refractivity (Wildman–Crippen MR) is 312 cm³/mol. The van der Waals surface area contributed by atoms with Gasteiger partial charge >= 0.3 is 0 Å². The molecule has 0 radical (unpaired) electrons. The van der Waals surface area contributed by atoms with Crippen LogP contribution in [0, 0.1) is 0 Å². The molecule has 360 valence electrons. The van der Waals surface area contributed by atoms with Crippen LogP contribution in [-0.2, 0) is 10.8 Å². The van der Waals surface area contributed by atoms with Crippen LogP contribution in [0.25, 0.3) is 55.6 Å². The van der Waals surface area contributed by atoms with Gasteiger partial charge in [0.25, 0.3) is 0 Å². The Morgan fingerprint density at radius 1 is 0.234 bits per heavy atom. The molecule has 0 saturated carbocycles. The van der Waals surface area contributed by atoms with E-state index in [-0.39, 0.29) is 0 Å². The second-order valence-corrected chi connectivity index (χ2v) is 20.6. The Hall–Kier alpha value is -9.96. The summed E-state index contributed by atoms with van der Waals surface area (Å²) in [4.78, 5) is 2.44. The average Bonchev–Trinajstić information content (AvgIpc) is 3.54. The molecule has 4 aliphatic rings. The van der Waals surface area contributed by atoms with E-state index in [0.29, 0.717) is 0 Å². The topological polar surface area (TPSA) is 21.7 Å². The Morgan fingerprint density at radius 2 is 0.610 bits per heavy atom. The normalized spacial score (nSPS) is 13.9. The number of hydrogen-bond acceptors (Lipinski definition) is 3. The number of para-hydroxylation sites is 5. The van der Waals surface area contributed by atoms with Gasteiger partial charge < -0.3 is 14.4 Å². The quantitative estimate of drug-likeness (QED) is 0.166. The Labute approximate surface area is 448 Å². The molecule has 0 unspecified atom stereocenters. The van der Waals surface area contributed by atoms with Crippen molar-refractivity contribution in [3.63, 3.8) is 0 Å². The van der Waals surface area contributed by atoms with Crippen LogP contribution in [0.3, 0.4) is 0 Å². The minimum Gasteiger partial charge on any atom is -0.457 e. The number of nitrogens with zero attached hydrogens (tertiary/aromatic N) is 1. The van der Waals surface area contributed by atoms with E-state index in [1.54, 1.807) is 0 Å². The third kappa shape index (κ3) is 6.14. The minimum absolute atomic E-state index is 0.547. The second-order valence-electron chi connectivity index (χ2n) is 20.6. The first kappa shape index (κ1) is 43.4. The summed E-state index contributed by atoms with van der Waals surface area (Å²) < 4.78 is 13.4. The lowest BCUT2D eigenvalue weighted by atomic mass is 9.66. The third-order valence-corrected chi connectivity index (χ3v) is 16.8. The molecular weight excluding hydrogens is 935 g/mol. The highest BCUT2D eigenvalue weighted by Gasteiger charge is 2.53. The van der Waals surface area contributed by atoms with E-state index >= 15 is 0 Å². The number of fused-ring (bicyclic) bond motifs is 18. The largest absolute Gasteiger partial charge is 0.457 e. The first-order valence-corrected chi connectivity index (χ1v) is 26.6. The summed E-state index contributed by atoms with van der Waals surface area (Å²) in [5, 5.41) is 0. The first-order valence-electron chi connectivity index (χ1n) is 26.6. The highest BCUT2D eigenvalue weighted by molar-refractivity contribution is 6.01. The molecule has 2 aliphatic heterocycles. The number of ether oxygens (including phenoxy) is 2. The molecule has 12 aromatic rings. The van der Waals surface area contributed by atoms with Crippen molar-refractivity contribution < 1.29 is 9.47 Å². The van der Waals surface area contributed by atoms with Gasteiger partial charge in [0.2, 0.25) is 0 Å². The van der Waals surface area contributed by atoms with Gasteiger partial charge in [0.05, 0.1) is 16.5 Å². The van der Waals surface area contributed by atoms with Gasteiger partial charge in [0, 0.05) is 39.2 Å². The summed E-state index contributed by atoms with van der Waals surface area (Å²) in [6, 6.07) is 104. The molecule has 0 saturated heterocycles. The molecule has 2 aliphatic carbocycles. The number of benzene rings is 12. The van der Waals surface area contributed by atoms with E-state index in [1.807, 2.05) is 0 Å². The summed E-state index contributed by atoms with van der Waals surface area (Å²) in [5.41, 5.74) is 23.7. The van der Waals surface area contributed by atoms with E-state index in [4.69, 9.17) is 9.47 Å². The zero-order valence-electron chi connectivity index (χ0n) is 41.9. The summed E-state index contributed by atoms with van der Waals surface area (Å²) in [5.74, 6) is 3.56. The molecule has 12 aromatic carbocycles. The van der Waals surface area contributed by atoms with Gasteiger partial charge in [0.15, 0.2) is 0 Å². The van der Waals surface area contributed by atoms with E-state index in [9.17, 15) is 0 Å². The lowest BCUT2D eigenvalue weighted by Crippen LogP contribution is -2.32. The lowest BCUT2D eigenvalue weighted by Gasteiger charge is -2.39. The van der Waals surface area contributed by atoms with Crippen LogP contribution in [0.5, 0.6) is 23.0 Å². The molecule has 2 heterocycles. The Bertz CT molecular complexity index is 4250. The Kier molecular flexibility index (Phi) is 9.47. The average molecular weight is 982 g/mol. The maximum atomic E-state index is 6.70. The smallest absolute Gasteiger partial charge is 0.132 e. The molecule has 3 heteroatoms. The molecule has 3 nitrogen and oxygen atoms in total. The van der Waals surface area contributed by atoms with E-state index < -0.39 is 10.8 Å². The number of rotatable bonds is 6. The van der Waals surface area contributed by atoms with Crippen molar-refractivity contribution in [3.8, 4) is 78.6 Å². The zero-order valence-corrected chi connectivity index (χ0v) is 41.9. The SMILES string of the molecule is c1ccc(-c2ccc(N(c3ccc(-c4ccc5c(c4)C4(c6ccccc6Oc6ccccc64)c4ccccc4-5)cc3)c3ccccc3-c3cccc4c3-c3ccccc3C43c4ccccc4Oc4ccccc43)cc2)cc1. The van der Waals surface area contributed by atoms with E-state index in [1.165, 1.54) is 61.2 Å². The van der Waals surface area contributed by atoms with Gasteiger partial charge in [-0.25, -0.2) is 0 Å². The predicted octanol–water partition coefficient (Wildman–Crippen LogP) is 19.1. The number of hydrogen-bond donors (Lipinski definition) is 0. The molecule has 0 amide bonds. The second kappa shape index (κ2) is 16.8. The summed E-state index contributed by atoms with van der Waals surface area (Å²) in [7, 11) is 0. The molecule has 2 spiro atoms. The first-order chi connectivity index (χ1) is 38.2. The lowest BCUT2D eigenvalue weighted by molar-refractivity contribution is 0.436. The Balaban J connectivity index is 0.867. The monoisotopic (exact) mass is 981 g/mol. The van der Waals surface area contributed by atoms with Crippen molar-refractivity contribution in [1.82, 2.24) is 0 Å². The van der Waals surface area contributed by atoms with Crippen LogP contribution in [0.1, 0.15) is 44.5 Å². The molecule has 0 N–H and O–H groups in total. The van der Waals surface area contributed by atoms with Crippen LogP contribution in [0.4, 0.5) is 17.1 Å². The fourth-order valence-corrected chi connectivity index (χ4v) is 13.7. The molecule has 0 atom stereocenters. The Morgan fingerprint density at radius 3 is 1.18 bits per heavy atom. The van der Waals surface area contributed by atoms with Crippen LogP contribution in [0.15, 0.2) is 285 Å². The van der Waals surface area contributed by atoms with Gasteiger partial charge in [0.1, 0.15) is 23.0 Å². The van der Waals surface area contributed by atoms with Gasteiger partial charge in [-0.2, -0.15) is 0 Å². The highest BCUT2D eigenvalue weighted by atomic mass is 16.5. The maximum absolute atomic E-state index is 6.70. The van der Waals surface area contributed by atoms with Gasteiger partial charge in [-0.1, -0.05) is 224 Å². The van der Waals surface area contributed by atoms with Crippen LogP contribution >= 0.6 is 0 Å². The fourth-order valence-electron chi connectivity index (χ4n) is 13.7. The fraction of sp³-hybridized carbons (Fsp3) is 0.0270. The molecule has 0 aromatic heterocycles. The molecule has 77 heavy (non-hydrogen) atoms. The minimum atomic E-state index is -0.581. The van der Waals surface area contributed by atoms with Crippen LogP contribution < -0.4 is 14.4 Å². The van der Waals surface area contributed by atoms with Crippen molar-refractivity contribution in [2.24, 2.45) is 0 Å². The summed E-state index contributed by atoms with van der Waals surface area (Å²) >= 11 is 0.